The van der Waals surface area contributed by atoms with Gasteiger partial charge in [-0.2, -0.15) is 0 Å². The van der Waals surface area contributed by atoms with Crippen molar-refractivity contribution < 1.29 is 23.9 Å². The topological polar surface area (TPSA) is 126 Å². The van der Waals surface area contributed by atoms with Crippen LogP contribution in [0.1, 0.15) is 23.4 Å². The zero-order chi connectivity index (χ0) is 29.3. The Morgan fingerprint density at radius 3 is 2.68 bits per heavy atom. The molecule has 3 aromatic rings. The summed E-state index contributed by atoms with van der Waals surface area (Å²) in [5.74, 6) is 2.42. The highest BCUT2D eigenvalue weighted by Crippen LogP contribution is 2.39. The molecule has 4 heterocycles. The third-order valence-electron chi connectivity index (χ3n) is 7.51. The van der Waals surface area contributed by atoms with Crippen LogP contribution in [0.3, 0.4) is 0 Å². The molecule has 2 aromatic heterocycles. The van der Waals surface area contributed by atoms with Gasteiger partial charge in [0.15, 0.2) is 5.82 Å². The zero-order valence-electron chi connectivity index (χ0n) is 24.0. The molecule has 2 aliphatic rings. The van der Waals surface area contributed by atoms with Crippen LogP contribution >= 0.6 is 11.6 Å². The van der Waals surface area contributed by atoms with Crippen molar-refractivity contribution in [3.63, 3.8) is 0 Å². The van der Waals surface area contributed by atoms with Gasteiger partial charge >= 0.3 is 6.09 Å². The number of hydrogen-bond donors (Lipinski definition) is 2. The van der Waals surface area contributed by atoms with Gasteiger partial charge in [0.1, 0.15) is 30.0 Å². The number of benzene rings is 1. The number of likely N-dealkylation sites (N-methyl/N-ethyl adjacent to an activating group) is 1. The van der Waals surface area contributed by atoms with E-state index >= 15 is 0 Å². The largest absolute Gasteiger partial charge is 0.491 e. The van der Waals surface area contributed by atoms with E-state index < -0.39 is 6.10 Å². The van der Waals surface area contributed by atoms with Crippen molar-refractivity contribution in [2.75, 3.05) is 58.4 Å². The number of aromatic nitrogens is 3. The Balaban J connectivity index is 1.54. The second kappa shape index (κ2) is 12.1. The third kappa shape index (κ3) is 5.88. The van der Waals surface area contributed by atoms with Crippen molar-refractivity contribution in [2.24, 2.45) is 0 Å². The first-order valence-electron chi connectivity index (χ1n) is 13.5. The second-order valence-electron chi connectivity index (χ2n) is 10.4. The summed E-state index contributed by atoms with van der Waals surface area (Å²) in [4.78, 5) is 26.1. The van der Waals surface area contributed by atoms with Crippen molar-refractivity contribution in [1.82, 2.24) is 25.3 Å². The van der Waals surface area contributed by atoms with Crippen molar-refractivity contribution in [3.05, 3.63) is 51.4 Å². The monoisotopic (exact) mass is 582 g/mol. The van der Waals surface area contributed by atoms with Crippen molar-refractivity contribution in [1.29, 1.82) is 0 Å². The molecular weight excluding hydrogens is 548 g/mol. The predicted molar refractivity (Wildman–Crippen MR) is 155 cm³/mol. The van der Waals surface area contributed by atoms with Crippen molar-refractivity contribution >= 4 is 23.5 Å². The third-order valence-corrected chi connectivity index (χ3v) is 7.84. The van der Waals surface area contributed by atoms with Crippen LogP contribution in [0.4, 0.5) is 10.6 Å². The van der Waals surface area contributed by atoms with Gasteiger partial charge in [0.25, 0.3) is 0 Å². The number of halogens is 1. The van der Waals surface area contributed by atoms with E-state index in [-0.39, 0.29) is 12.7 Å². The summed E-state index contributed by atoms with van der Waals surface area (Å²) in [6.07, 6.45) is -0.179. The normalized spacial score (nSPS) is 15.8. The van der Waals surface area contributed by atoms with E-state index in [1.807, 2.05) is 20.8 Å². The molecule has 1 amide bonds. The number of nitrogens with one attached hydrogen (secondary N) is 1. The predicted octanol–water partition coefficient (Wildman–Crippen LogP) is 3.93. The number of carbonyl (C=O) groups excluding carboxylic acids is 1. The van der Waals surface area contributed by atoms with Crippen LogP contribution in [0.15, 0.2) is 33.9 Å². The quantitative estimate of drug-likeness (QED) is 0.377. The van der Waals surface area contributed by atoms with Crippen LogP contribution in [0.25, 0.3) is 22.6 Å². The minimum absolute atomic E-state index is 0.125. The Hall–Kier alpha value is -3.67. The molecule has 2 aliphatic heterocycles. The molecule has 12 heteroatoms. The molecule has 0 bridgehead atoms. The van der Waals surface area contributed by atoms with Gasteiger partial charge in [-0.25, -0.2) is 14.8 Å². The maximum absolute atomic E-state index is 12.2. The number of amides is 1. The lowest BCUT2D eigenvalue weighted by atomic mass is 10.0. The number of ether oxygens (including phenoxy) is 2. The van der Waals surface area contributed by atoms with E-state index in [1.54, 1.807) is 30.1 Å². The van der Waals surface area contributed by atoms with Gasteiger partial charge in [0.2, 0.25) is 0 Å². The summed E-state index contributed by atoms with van der Waals surface area (Å²) in [5, 5.41) is 17.7. The minimum atomic E-state index is -0.656. The number of rotatable bonds is 8. The van der Waals surface area contributed by atoms with Gasteiger partial charge in [-0.05, 0) is 63.6 Å². The highest BCUT2D eigenvalue weighted by molar-refractivity contribution is 6.33. The maximum atomic E-state index is 12.2. The molecule has 218 valence electrons. The molecule has 0 unspecified atom stereocenters. The van der Waals surface area contributed by atoms with Crippen LogP contribution < -0.4 is 15.0 Å². The molecule has 0 fully saturated rings. The van der Waals surface area contributed by atoms with Gasteiger partial charge in [-0.1, -0.05) is 16.8 Å². The summed E-state index contributed by atoms with van der Waals surface area (Å²) in [7, 11) is 3.18. The van der Waals surface area contributed by atoms with Crippen molar-refractivity contribution in [3.8, 4) is 28.4 Å². The Morgan fingerprint density at radius 2 is 1.98 bits per heavy atom. The lowest BCUT2D eigenvalue weighted by Gasteiger charge is -2.26. The molecule has 0 saturated heterocycles. The number of aryl methyl sites for hydroxylation is 2. The average Bonchev–Trinajstić information content (AvgIpc) is 3.54. The molecule has 11 nitrogen and oxygen atoms in total. The fourth-order valence-electron chi connectivity index (χ4n) is 5.42. The smallest absolute Gasteiger partial charge is 0.409 e. The van der Waals surface area contributed by atoms with Crippen molar-refractivity contribution in [2.45, 2.75) is 33.3 Å². The first-order valence-corrected chi connectivity index (χ1v) is 13.9. The van der Waals surface area contributed by atoms with Crippen LogP contribution in [-0.2, 0) is 4.74 Å². The summed E-state index contributed by atoms with van der Waals surface area (Å²) < 4.78 is 16.3. The molecule has 0 saturated carbocycles. The van der Waals surface area contributed by atoms with Gasteiger partial charge in [-0.3, -0.25) is 0 Å². The number of nitrogens with zero attached hydrogens (tertiary/aromatic N) is 5. The van der Waals surface area contributed by atoms with Gasteiger partial charge in [-0.15, -0.1) is 0 Å². The lowest BCUT2D eigenvalue weighted by Crippen LogP contribution is -2.37. The fraction of sp³-hybridized carbons (Fsp3) is 0.448. The maximum Gasteiger partial charge on any atom is 0.409 e. The molecule has 0 spiro atoms. The highest BCUT2D eigenvalue weighted by atomic mass is 35.5. The van der Waals surface area contributed by atoms with Crippen LogP contribution in [0, 0.1) is 20.8 Å². The Morgan fingerprint density at radius 1 is 1.20 bits per heavy atom. The van der Waals surface area contributed by atoms with Gasteiger partial charge in [0, 0.05) is 43.9 Å². The highest BCUT2D eigenvalue weighted by Gasteiger charge is 2.32. The number of hydrogen-bond acceptors (Lipinski definition) is 10. The fourth-order valence-corrected chi connectivity index (χ4v) is 5.62. The average molecular weight is 583 g/mol. The SMILES string of the molecule is CNC[C@@H](O)COc1ccc(Cl)c(-c2nc(-c3c(C)noc3C)c(C)c(N3CC4=C(CN(C(=O)OC)CC4)C3)n2)c1. The second-order valence-corrected chi connectivity index (χ2v) is 10.8. The first kappa shape index (κ1) is 28.8. The van der Waals surface area contributed by atoms with E-state index in [9.17, 15) is 9.90 Å². The number of aliphatic hydroxyl groups is 1. The van der Waals surface area contributed by atoms with E-state index in [0.29, 0.717) is 66.3 Å². The number of methoxy groups -OCH3 is 1. The standard InChI is InChI=1S/C29H35ClN6O5/c1-16-26(25-17(2)34-41-18(25)3)32-27(23-10-22(6-7-24(23)30)40-15-21(37)11-31-4)33-28(16)36-12-19-8-9-35(29(38)39-5)13-20(19)14-36/h6-7,10,21,31,37H,8-9,11-15H2,1-5H3/t21-/m1/s1. The molecule has 1 atom stereocenters. The first-order chi connectivity index (χ1) is 19.7. The van der Waals surface area contributed by atoms with E-state index in [1.165, 1.54) is 18.3 Å². The van der Waals surface area contributed by atoms with E-state index in [2.05, 4.69) is 15.4 Å². The molecule has 41 heavy (non-hydrogen) atoms. The summed E-state index contributed by atoms with van der Waals surface area (Å²) in [6, 6.07) is 5.29. The molecular formula is C29H35ClN6O5. The lowest BCUT2D eigenvalue weighted by molar-refractivity contribution is 0.108. The van der Waals surface area contributed by atoms with E-state index in [4.69, 9.17) is 35.6 Å². The van der Waals surface area contributed by atoms with Crippen LogP contribution in [-0.4, -0.2) is 90.8 Å². The summed E-state index contributed by atoms with van der Waals surface area (Å²) in [5.41, 5.74) is 6.29. The summed E-state index contributed by atoms with van der Waals surface area (Å²) in [6.45, 7) is 8.82. The Labute approximate surface area is 244 Å². The van der Waals surface area contributed by atoms with E-state index in [0.717, 1.165) is 29.1 Å². The number of carbonyl (C=O) groups is 1. The number of anilines is 1. The summed E-state index contributed by atoms with van der Waals surface area (Å²) >= 11 is 6.70. The van der Waals surface area contributed by atoms with Gasteiger partial charge < -0.3 is 34.2 Å². The molecule has 0 aliphatic carbocycles. The minimum Gasteiger partial charge on any atom is -0.491 e. The molecule has 5 rings (SSSR count). The van der Waals surface area contributed by atoms with Crippen LogP contribution in [0.5, 0.6) is 5.75 Å². The number of aliphatic hydroxyl groups excluding tert-OH is 1. The Kier molecular flexibility index (Phi) is 8.48. The van der Waals surface area contributed by atoms with Crippen LogP contribution in [0.2, 0.25) is 5.02 Å². The molecule has 1 aromatic carbocycles. The Bertz CT molecular complexity index is 1470. The van der Waals surface area contributed by atoms with Gasteiger partial charge in [0.05, 0.1) is 29.1 Å². The molecule has 0 radical (unpaired) electrons. The zero-order valence-corrected chi connectivity index (χ0v) is 24.7. The molecule has 2 N–H and O–H groups in total.